The van der Waals surface area contributed by atoms with Gasteiger partial charge in [-0.1, -0.05) is 12.1 Å². The predicted octanol–water partition coefficient (Wildman–Crippen LogP) is 2.12. The highest BCUT2D eigenvalue weighted by molar-refractivity contribution is 5.27. The molecule has 0 aliphatic carbocycles. The first kappa shape index (κ1) is 16.0. The summed E-state index contributed by atoms with van der Waals surface area (Å²) < 4.78 is 13.1. The number of ether oxygens (including phenoxy) is 2. The number of aryl methyl sites for hydroxylation is 1. The molecule has 124 valence electrons. The zero-order valence-corrected chi connectivity index (χ0v) is 13.9. The third-order valence-corrected chi connectivity index (χ3v) is 4.41. The van der Waals surface area contributed by atoms with E-state index in [1.165, 1.54) is 11.3 Å². The Balaban J connectivity index is 1.61. The van der Waals surface area contributed by atoms with Crippen molar-refractivity contribution >= 4 is 0 Å². The van der Waals surface area contributed by atoms with Gasteiger partial charge < -0.3 is 14.0 Å². The van der Waals surface area contributed by atoms with E-state index in [9.17, 15) is 0 Å². The molecule has 0 spiro atoms. The van der Waals surface area contributed by atoms with Gasteiger partial charge in [-0.05, 0) is 30.0 Å². The number of methoxy groups -OCH3 is 1. The van der Waals surface area contributed by atoms with Crippen LogP contribution >= 0.6 is 0 Å². The van der Waals surface area contributed by atoms with Gasteiger partial charge in [0.25, 0.3) is 0 Å². The molecule has 1 unspecified atom stereocenters. The molecule has 23 heavy (non-hydrogen) atoms. The van der Waals surface area contributed by atoms with Crippen molar-refractivity contribution in [1.82, 2.24) is 14.5 Å². The molecule has 0 N–H and O–H groups in total. The van der Waals surface area contributed by atoms with E-state index < -0.39 is 0 Å². The van der Waals surface area contributed by atoms with E-state index in [0.29, 0.717) is 5.92 Å². The quantitative estimate of drug-likeness (QED) is 0.847. The normalized spacial score (nSPS) is 19.5. The summed E-state index contributed by atoms with van der Waals surface area (Å²) in [5, 5.41) is 0. The molecule has 5 heteroatoms. The molecule has 2 heterocycles. The van der Waals surface area contributed by atoms with Crippen LogP contribution in [-0.4, -0.2) is 47.9 Å². The molecular weight excluding hydrogens is 290 g/mol. The van der Waals surface area contributed by atoms with E-state index >= 15 is 0 Å². The van der Waals surface area contributed by atoms with Gasteiger partial charge in [0, 0.05) is 32.9 Å². The Kier molecular flexibility index (Phi) is 5.31. The largest absolute Gasteiger partial charge is 0.497 e. The Hall–Kier alpha value is -1.85. The highest BCUT2D eigenvalue weighted by Gasteiger charge is 2.20. The van der Waals surface area contributed by atoms with Gasteiger partial charge in [0.2, 0.25) is 0 Å². The topological polar surface area (TPSA) is 39.5 Å². The Bertz CT molecular complexity index is 609. The molecule has 0 saturated carbocycles. The number of rotatable bonds is 5. The molecule has 3 rings (SSSR count). The Labute approximate surface area is 137 Å². The van der Waals surface area contributed by atoms with Crippen molar-refractivity contribution in [2.75, 3.05) is 33.4 Å². The highest BCUT2D eigenvalue weighted by atomic mass is 16.5. The minimum atomic E-state index is 0.513. The van der Waals surface area contributed by atoms with Crippen LogP contribution in [-0.2, 0) is 24.8 Å². The Morgan fingerprint density at radius 2 is 2.13 bits per heavy atom. The summed E-state index contributed by atoms with van der Waals surface area (Å²) in [6.07, 6.45) is 4.84. The minimum absolute atomic E-state index is 0.513. The fourth-order valence-electron chi connectivity index (χ4n) is 3.08. The van der Waals surface area contributed by atoms with E-state index in [0.717, 1.165) is 45.0 Å². The van der Waals surface area contributed by atoms with Gasteiger partial charge in [-0.25, -0.2) is 4.98 Å². The molecule has 1 fully saturated rings. The summed E-state index contributed by atoms with van der Waals surface area (Å²) in [7, 11) is 3.75. The second-order valence-corrected chi connectivity index (χ2v) is 6.22. The van der Waals surface area contributed by atoms with Crippen molar-refractivity contribution in [2.45, 2.75) is 13.0 Å². The molecule has 0 bridgehead atoms. The highest BCUT2D eigenvalue weighted by Crippen LogP contribution is 2.18. The first-order valence-corrected chi connectivity index (χ1v) is 8.13. The smallest absolute Gasteiger partial charge is 0.118 e. The maximum Gasteiger partial charge on any atom is 0.118 e. The monoisotopic (exact) mass is 315 g/mol. The molecule has 1 aromatic carbocycles. The van der Waals surface area contributed by atoms with Crippen molar-refractivity contribution in [2.24, 2.45) is 13.0 Å². The Morgan fingerprint density at radius 3 is 2.83 bits per heavy atom. The van der Waals surface area contributed by atoms with Gasteiger partial charge in [0.05, 0.1) is 32.3 Å². The van der Waals surface area contributed by atoms with E-state index in [2.05, 4.69) is 26.6 Å². The van der Waals surface area contributed by atoms with Crippen molar-refractivity contribution < 1.29 is 9.47 Å². The van der Waals surface area contributed by atoms with E-state index in [1.807, 2.05) is 31.7 Å². The van der Waals surface area contributed by atoms with Gasteiger partial charge in [-0.3, -0.25) is 4.90 Å². The van der Waals surface area contributed by atoms with Crippen molar-refractivity contribution in [3.05, 3.63) is 48.0 Å². The minimum Gasteiger partial charge on any atom is -0.497 e. The summed E-state index contributed by atoms with van der Waals surface area (Å²) in [6.45, 7) is 4.59. The maximum atomic E-state index is 5.82. The van der Waals surface area contributed by atoms with Crippen LogP contribution in [0.1, 0.15) is 11.3 Å². The third-order valence-electron chi connectivity index (χ3n) is 4.41. The van der Waals surface area contributed by atoms with E-state index in [-0.39, 0.29) is 0 Å². The van der Waals surface area contributed by atoms with Crippen LogP contribution in [0.3, 0.4) is 0 Å². The number of nitrogens with zero attached hydrogens (tertiary/aromatic N) is 3. The lowest BCUT2D eigenvalue weighted by molar-refractivity contribution is 0.121. The van der Waals surface area contributed by atoms with E-state index in [1.54, 1.807) is 7.11 Å². The van der Waals surface area contributed by atoms with Crippen molar-refractivity contribution in [3.63, 3.8) is 0 Å². The second kappa shape index (κ2) is 7.62. The van der Waals surface area contributed by atoms with Crippen LogP contribution in [0.5, 0.6) is 5.75 Å². The summed E-state index contributed by atoms with van der Waals surface area (Å²) in [4.78, 5) is 6.68. The molecule has 1 aromatic heterocycles. The number of aromatic nitrogens is 2. The van der Waals surface area contributed by atoms with Gasteiger partial charge >= 0.3 is 0 Å². The molecule has 1 aliphatic rings. The van der Waals surface area contributed by atoms with Crippen LogP contribution in [0.4, 0.5) is 0 Å². The first-order chi connectivity index (χ1) is 11.2. The standard InChI is InChI=1S/C18H25N3O2/c1-20-14-19-10-17(20)12-21-7-8-23-13-16(11-21)9-15-3-5-18(22-2)6-4-15/h3-6,10,14,16H,7-9,11-13H2,1-2H3. The third kappa shape index (κ3) is 4.33. The molecule has 2 aromatic rings. The summed E-state index contributed by atoms with van der Waals surface area (Å²) in [6, 6.07) is 8.35. The lowest BCUT2D eigenvalue weighted by Gasteiger charge is -2.23. The van der Waals surface area contributed by atoms with Gasteiger partial charge in [0.15, 0.2) is 0 Å². The average Bonchev–Trinajstić information content (AvgIpc) is 2.83. The summed E-state index contributed by atoms with van der Waals surface area (Å²) >= 11 is 0. The van der Waals surface area contributed by atoms with Gasteiger partial charge in [-0.15, -0.1) is 0 Å². The SMILES string of the molecule is COc1ccc(CC2COCCN(Cc3cncn3C)C2)cc1. The Morgan fingerprint density at radius 1 is 1.30 bits per heavy atom. The second-order valence-electron chi connectivity index (χ2n) is 6.22. The molecule has 1 aliphatic heterocycles. The van der Waals surface area contributed by atoms with E-state index in [4.69, 9.17) is 9.47 Å². The maximum absolute atomic E-state index is 5.82. The van der Waals surface area contributed by atoms with Crippen LogP contribution in [0.15, 0.2) is 36.8 Å². The molecule has 0 radical (unpaired) electrons. The fraction of sp³-hybridized carbons (Fsp3) is 0.500. The van der Waals surface area contributed by atoms with Crippen LogP contribution in [0, 0.1) is 5.92 Å². The van der Waals surface area contributed by atoms with Crippen LogP contribution in [0.25, 0.3) is 0 Å². The molecule has 1 saturated heterocycles. The van der Waals surface area contributed by atoms with Crippen molar-refractivity contribution in [1.29, 1.82) is 0 Å². The van der Waals surface area contributed by atoms with Crippen LogP contribution in [0.2, 0.25) is 0 Å². The molecule has 1 atom stereocenters. The number of benzene rings is 1. The average molecular weight is 315 g/mol. The zero-order chi connectivity index (χ0) is 16.1. The predicted molar refractivity (Wildman–Crippen MR) is 89.5 cm³/mol. The number of hydrogen-bond donors (Lipinski definition) is 0. The van der Waals surface area contributed by atoms with Crippen molar-refractivity contribution in [3.8, 4) is 5.75 Å². The molecular formula is C18H25N3O2. The lowest BCUT2D eigenvalue weighted by atomic mass is 9.99. The number of imidazole rings is 1. The zero-order valence-electron chi connectivity index (χ0n) is 13.9. The van der Waals surface area contributed by atoms with Gasteiger partial charge in [0.1, 0.15) is 5.75 Å². The fourth-order valence-corrected chi connectivity index (χ4v) is 3.08. The lowest BCUT2D eigenvalue weighted by Crippen LogP contribution is -2.31. The summed E-state index contributed by atoms with van der Waals surface area (Å²) in [5.41, 5.74) is 2.58. The first-order valence-electron chi connectivity index (χ1n) is 8.13. The van der Waals surface area contributed by atoms with Gasteiger partial charge in [-0.2, -0.15) is 0 Å². The summed E-state index contributed by atoms with van der Waals surface area (Å²) in [5.74, 6) is 1.42. The van der Waals surface area contributed by atoms with Crippen LogP contribution < -0.4 is 4.74 Å². The number of hydrogen-bond acceptors (Lipinski definition) is 4. The molecule has 5 nitrogen and oxygen atoms in total. The molecule has 0 amide bonds.